The Morgan fingerprint density at radius 1 is 1.30 bits per heavy atom. The van der Waals surface area contributed by atoms with Crippen molar-refractivity contribution in [2.45, 2.75) is 53.0 Å². The first-order valence-corrected chi connectivity index (χ1v) is 10.2. The molecule has 1 aliphatic rings. The lowest BCUT2D eigenvalue weighted by Gasteiger charge is -2.08. The summed E-state index contributed by atoms with van der Waals surface area (Å²) in [7, 11) is 0. The molecular weight excluding hydrogens is 366 g/mol. The third kappa shape index (κ3) is 4.21. The normalized spacial score (nSPS) is 14.1. The monoisotopic (exact) mass is 391 g/mol. The SMILES string of the molecule is Cc1c(C(=O)OCC(=O)NCC(C)C)sc2nc3n(c(=O)c12)CCCCC3. The Morgan fingerprint density at radius 2 is 2.07 bits per heavy atom. The number of carbonyl (C=O) groups excluding carboxylic acids is 2. The third-order valence-electron chi connectivity index (χ3n) is 4.64. The molecule has 2 aromatic rings. The highest BCUT2D eigenvalue weighted by molar-refractivity contribution is 7.20. The number of hydrogen-bond acceptors (Lipinski definition) is 6. The number of hydrogen-bond donors (Lipinski definition) is 1. The summed E-state index contributed by atoms with van der Waals surface area (Å²) < 4.78 is 6.88. The van der Waals surface area contributed by atoms with Gasteiger partial charge in [0.25, 0.3) is 11.5 Å². The van der Waals surface area contributed by atoms with E-state index in [2.05, 4.69) is 10.3 Å². The van der Waals surface area contributed by atoms with Gasteiger partial charge >= 0.3 is 5.97 Å². The average Bonchev–Trinajstić information content (AvgIpc) is 2.80. The predicted molar refractivity (Wildman–Crippen MR) is 104 cm³/mol. The van der Waals surface area contributed by atoms with E-state index in [0.29, 0.717) is 39.7 Å². The average molecular weight is 391 g/mol. The lowest BCUT2D eigenvalue weighted by Crippen LogP contribution is -2.31. The largest absolute Gasteiger partial charge is 0.451 e. The van der Waals surface area contributed by atoms with Crippen LogP contribution >= 0.6 is 11.3 Å². The van der Waals surface area contributed by atoms with E-state index in [1.807, 2.05) is 13.8 Å². The lowest BCUT2D eigenvalue weighted by molar-refractivity contribution is -0.124. The topological polar surface area (TPSA) is 90.3 Å². The molecule has 0 radical (unpaired) electrons. The highest BCUT2D eigenvalue weighted by atomic mass is 32.1. The summed E-state index contributed by atoms with van der Waals surface area (Å²) in [6, 6.07) is 0. The minimum atomic E-state index is -0.588. The first kappa shape index (κ1) is 19.5. The van der Waals surface area contributed by atoms with Gasteiger partial charge in [0, 0.05) is 19.5 Å². The van der Waals surface area contributed by atoms with Crippen LogP contribution in [-0.2, 0) is 22.5 Å². The predicted octanol–water partition coefficient (Wildman–Crippen LogP) is 2.42. The Hall–Kier alpha value is -2.22. The van der Waals surface area contributed by atoms with Gasteiger partial charge in [-0.3, -0.25) is 14.2 Å². The van der Waals surface area contributed by atoms with Crippen molar-refractivity contribution in [3.05, 3.63) is 26.6 Å². The fourth-order valence-corrected chi connectivity index (χ4v) is 4.25. The van der Waals surface area contributed by atoms with Crippen LogP contribution in [0.2, 0.25) is 0 Å². The molecule has 0 atom stereocenters. The number of thiophene rings is 1. The Morgan fingerprint density at radius 3 is 2.81 bits per heavy atom. The molecule has 146 valence electrons. The molecule has 0 fully saturated rings. The molecule has 2 aromatic heterocycles. The van der Waals surface area contributed by atoms with Gasteiger partial charge in [0.05, 0.1) is 5.39 Å². The smallest absolute Gasteiger partial charge is 0.349 e. The highest BCUT2D eigenvalue weighted by Crippen LogP contribution is 2.28. The number of ether oxygens (including phenoxy) is 1. The molecule has 8 heteroatoms. The summed E-state index contributed by atoms with van der Waals surface area (Å²) in [6.07, 6.45) is 3.84. The third-order valence-corrected chi connectivity index (χ3v) is 5.80. The maximum absolute atomic E-state index is 12.9. The zero-order valence-electron chi connectivity index (χ0n) is 16.0. The van der Waals surface area contributed by atoms with Crippen LogP contribution in [0.3, 0.4) is 0 Å². The van der Waals surface area contributed by atoms with Gasteiger partial charge in [0.2, 0.25) is 0 Å². The van der Waals surface area contributed by atoms with Gasteiger partial charge in [-0.1, -0.05) is 20.3 Å². The molecule has 0 spiro atoms. The van der Waals surface area contributed by atoms with Crippen molar-refractivity contribution >= 4 is 33.4 Å². The molecule has 0 saturated carbocycles. The number of nitrogens with one attached hydrogen (secondary N) is 1. The number of esters is 1. The number of carbonyl (C=O) groups is 2. The quantitative estimate of drug-likeness (QED) is 0.791. The first-order valence-electron chi connectivity index (χ1n) is 9.35. The Bertz CT molecular complexity index is 929. The molecule has 0 aliphatic carbocycles. The molecule has 27 heavy (non-hydrogen) atoms. The van der Waals surface area contributed by atoms with Crippen molar-refractivity contribution in [3.8, 4) is 0 Å². The van der Waals surface area contributed by atoms with Crippen LogP contribution in [0.25, 0.3) is 10.2 Å². The van der Waals surface area contributed by atoms with E-state index < -0.39 is 5.97 Å². The second kappa shape index (κ2) is 8.21. The van der Waals surface area contributed by atoms with Gasteiger partial charge in [0.1, 0.15) is 15.5 Å². The summed E-state index contributed by atoms with van der Waals surface area (Å²) in [5.41, 5.74) is 0.499. The van der Waals surface area contributed by atoms with Crippen LogP contribution in [0.4, 0.5) is 0 Å². The van der Waals surface area contributed by atoms with Crippen molar-refractivity contribution in [2.75, 3.05) is 13.2 Å². The molecule has 3 heterocycles. The summed E-state index contributed by atoms with van der Waals surface area (Å²) >= 11 is 1.17. The molecule has 7 nitrogen and oxygen atoms in total. The maximum Gasteiger partial charge on any atom is 0.349 e. The summed E-state index contributed by atoms with van der Waals surface area (Å²) in [5.74, 6) is 0.193. The van der Waals surface area contributed by atoms with Crippen molar-refractivity contribution in [2.24, 2.45) is 5.92 Å². The Balaban J connectivity index is 1.82. The Kier molecular flexibility index (Phi) is 5.94. The number of amides is 1. The van der Waals surface area contributed by atoms with Gasteiger partial charge < -0.3 is 10.1 Å². The zero-order chi connectivity index (χ0) is 19.6. The lowest BCUT2D eigenvalue weighted by atomic mass is 10.2. The van der Waals surface area contributed by atoms with Gasteiger partial charge in [-0.15, -0.1) is 11.3 Å². The number of fused-ring (bicyclic) bond motifs is 2. The van der Waals surface area contributed by atoms with Crippen molar-refractivity contribution in [1.29, 1.82) is 0 Å². The van der Waals surface area contributed by atoms with E-state index in [0.717, 1.165) is 31.5 Å². The number of aryl methyl sites for hydroxylation is 2. The molecule has 0 bridgehead atoms. The maximum atomic E-state index is 12.9. The van der Waals surface area contributed by atoms with E-state index in [4.69, 9.17) is 4.74 Å². The van der Waals surface area contributed by atoms with Crippen molar-refractivity contribution in [1.82, 2.24) is 14.9 Å². The molecule has 1 N–H and O–H groups in total. The highest BCUT2D eigenvalue weighted by Gasteiger charge is 2.23. The molecular formula is C19H25N3O4S. The van der Waals surface area contributed by atoms with Crippen LogP contribution in [0.15, 0.2) is 4.79 Å². The molecule has 1 amide bonds. The molecule has 0 aromatic carbocycles. The molecule has 3 rings (SSSR count). The van der Waals surface area contributed by atoms with Gasteiger partial charge in [-0.05, 0) is 31.2 Å². The van der Waals surface area contributed by atoms with Crippen LogP contribution in [0.5, 0.6) is 0 Å². The summed E-state index contributed by atoms with van der Waals surface area (Å²) in [5, 5.41) is 3.19. The number of rotatable bonds is 5. The van der Waals surface area contributed by atoms with Crippen molar-refractivity contribution < 1.29 is 14.3 Å². The van der Waals surface area contributed by atoms with Crippen LogP contribution in [-0.4, -0.2) is 34.6 Å². The fraction of sp³-hybridized carbons (Fsp3) is 0.579. The van der Waals surface area contributed by atoms with Crippen LogP contribution < -0.4 is 10.9 Å². The van der Waals surface area contributed by atoms with E-state index >= 15 is 0 Å². The zero-order valence-corrected chi connectivity index (χ0v) is 16.8. The first-order chi connectivity index (χ1) is 12.9. The number of aromatic nitrogens is 2. The number of nitrogens with zero attached hydrogens (tertiary/aromatic N) is 2. The van der Waals surface area contributed by atoms with Crippen LogP contribution in [0.1, 0.15) is 54.2 Å². The summed E-state index contributed by atoms with van der Waals surface area (Å²) in [4.78, 5) is 42.6. The van der Waals surface area contributed by atoms with E-state index in [-0.39, 0.29) is 18.1 Å². The van der Waals surface area contributed by atoms with Gasteiger partial charge in [0.15, 0.2) is 6.61 Å². The molecule has 1 aliphatic heterocycles. The molecule has 0 unspecified atom stereocenters. The molecule has 0 saturated heterocycles. The van der Waals surface area contributed by atoms with E-state index in [1.54, 1.807) is 11.5 Å². The minimum absolute atomic E-state index is 0.0839. The van der Waals surface area contributed by atoms with E-state index in [1.165, 1.54) is 11.3 Å². The fourth-order valence-electron chi connectivity index (χ4n) is 3.17. The Labute approximate surface area is 161 Å². The standard InChI is InChI=1S/C19H25N3O4S/c1-11(2)9-20-14(23)10-26-19(25)16-12(3)15-17(27-16)21-13-7-5-4-6-8-22(13)18(15)24/h11H,4-10H2,1-3H3,(H,20,23). The minimum Gasteiger partial charge on any atom is -0.451 e. The second-order valence-corrected chi connectivity index (χ2v) is 8.30. The van der Waals surface area contributed by atoms with Crippen LogP contribution in [0, 0.1) is 12.8 Å². The summed E-state index contributed by atoms with van der Waals surface area (Å²) in [6.45, 7) is 6.58. The van der Waals surface area contributed by atoms with E-state index in [9.17, 15) is 14.4 Å². The van der Waals surface area contributed by atoms with Gasteiger partial charge in [-0.25, -0.2) is 9.78 Å². The van der Waals surface area contributed by atoms with Crippen molar-refractivity contribution in [3.63, 3.8) is 0 Å². The second-order valence-electron chi connectivity index (χ2n) is 7.31. The van der Waals surface area contributed by atoms with Gasteiger partial charge in [-0.2, -0.15) is 0 Å².